The van der Waals surface area contributed by atoms with E-state index in [4.69, 9.17) is 0 Å². The fourth-order valence-electron chi connectivity index (χ4n) is 2.05. The number of aryl methyl sites for hydroxylation is 2. The normalized spacial score (nSPS) is 15.8. The number of hydrogen-bond donors (Lipinski definition) is 1. The van der Waals surface area contributed by atoms with Crippen molar-refractivity contribution in [3.05, 3.63) is 21.4 Å². The Morgan fingerprint density at radius 2 is 2.10 bits per heavy atom. The minimum atomic E-state index is -0.177. The van der Waals surface area contributed by atoms with E-state index in [1.54, 1.807) is 11.3 Å². The van der Waals surface area contributed by atoms with E-state index in [-0.39, 0.29) is 5.54 Å². The SMILES string of the molecule is Cc1nc(C(C)(C)NCc2nnnn2C2CC2)sc1C. The van der Waals surface area contributed by atoms with Gasteiger partial charge in [-0.25, -0.2) is 9.67 Å². The highest BCUT2D eigenvalue weighted by Crippen LogP contribution is 2.34. The van der Waals surface area contributed by atoms with Crippen LogP contribution >= 0.6 is 11.3 Å². The highest BCUT2D eigenvalue weighted by molar-refractivity contribution is 7.11. The van der Waals surface area contributed by atoms with Crippen LogP contribution in [-0.4, -0.2) is 25.2 Å². The molecule has 3 rings (SSSR count). The highest BCUT2D eigenvalue weighted by Gasteiger charge is 2.29. The number of thiazole rings is 1. The molecule has 0 unspecified atom stereocenters. The quantitative estimate of drug-likeness (QED) is 0.914. The Morgan fingerprint density at radius 3 is 2.70 bits per heavy atom. The molecule has 1 N–H and O–H groups in total. The Labute approximate surface area is 122 Å². The molecule has 0 amide bonds. The molecule has 0 radical (unpaired) electrons. The van der Waals surface area contributed by atoms with Crippen LogP contribution < -0.4 is 5.32 Å². The first kappa shape index (κ1) is 13.6. The highest BCUT2D eigenvalue weighted by atomic mass is 32.1. The van der Waals surface area contributed by atoms with E-state index in [1.165, 1.54) is 17.7 Å². The van der Waals surface area contributed by atoms with Gasteiger partial charge in [-0.3, -0.25) is 5.32 Å². The molecular formula is C13H20N6S. The lowest BCUT2D eigenvalue weighted by molar-refractivity contribution is 0.385. The van der Waals surface area contributed by atoms with E-state index >= 15 is 0 Å². The summed E-state index contributed by atoms with van der Waals surface area (Å²) in [6.07, 6.45) is 2.37. The Hall–Kier alpha value is -1.34. The van der Waals surface area contributed by atoms with Crippen molar-refractivity contribution in [3.8, 4) is 0 Å². The van der Waals surface area contributed by atoms with E-state index in [9.17, 15) is 0 Å². The molecule has 0 spiro atoms. The second-order valence-electron chi connectivity index (χ2n) is 5.91. The molecule has 0 bridgehead atoms. The van der Waals surface area contributed by atoms with Crippen LogP contribution in [0.25, 0.3) is 0 Å². The van der Waals surface area contributed by atoms with Gasteiger partial charge in [0.15, 0.2) is 5.82 Å². The molecule has 0 aliphatic heterocycles. The minimum Gasteiger partial charge on any atom is -0.299 e. The van der Waals surface area contributed by atoms with Crippen molar-refractivity contribution >= 4 is 11.3 Å². The van der Waals surface area contributed by atoms with Gasteiger partial charge in [0.05, 0.1) is 23.8 Å². The van der Waals surface area contributed by atoms with Gasteiger partial charge < -0.3 is 0 Å². The summed E-state index contributed by atoms with van der Waals surface area (Å²) in [6.45, 7) is 9.12. The van der Waals surface area contributed by atoms with Crippen molar-refractivity contribution in [1.82, 2.24) is 30.5 Å². The second-order valence-corrected chi connectivity index (χ2v) is 7.11. The van der Waals surface area contributed by atoms with Gasteiger partial charge in [0.25, 0.3) is 0 Å². The zero-order valence-electron chi connectivity index (χ0n) is 12.3. The Balaban J connectivity index is 1.71. The minimum absolute atomic E-state index is 0.177. The first-order valence-corrected chi connectivity index (χ1v) is 7.75. The van der Waals surface area contributed by atoms with Gasteiger partial charge in [-0.15, -0.1) is 16.4 Å². The van der Waals surface area contributed by atoms with Gasteiger partial charge >= 0.3 is 0 Å². The van der Waals surface area contributed by atoms with Crippen LogP contribution in [0.3, 0.4) is 0 Å². The maximum absolute atomic E-state index is 4.65. The molecule has 1 fully saturated rings. The van der Waals surface area contributed by atoms with Crippen LogP contribution in [0.4, 0.5) is 0 Å². The lowest BCUT2D eigenvalue weighted by Gasteiger charge is -2.23. The molecule has 108 valence electrons. The number of aromatic nitrogens is 5. The van der Waals surface area contributed by atoms with Gasteiger partial charge in [-0.2, -0.15) is 0 Å². The first-order valence-electron chi connectivity index (χ1n) is 6.93. The van der Waals surface area contributed by atoms with E-state index in [0.717, 1.165) is 16.5 Å². The van der Waals surface area contributed by atoms with Crippen LogP contribution in [0.5, 0.6) is 0 Å². The largest absolute Gasteiger partial charge is 0.299 e. The van der Waals surface area contributed by atoms with Gasteiger partial charge in [-0.1, -0.05) is 0 Å². The maximum atomic E-state index is 4.65. The van der Waals surface area contributed by atoms with Crippen molar-refractivity contribution in [3.63, 3.8) is 0 Å². The first-order chi connectivity index (χ1) is 9.47. The summed E-state index contributed by atoms with van der Waals surface area (Å²) in [6, 6.07) is 0.509. The molecule has 1 aliphatic rings. The maximum Gasteiger partial charge on any atom is 0.165 e. The van der Waals surface area contributed by atoms with E-state index in [0.29, 0.717) is 12.6 Å². The smallest absolute Gasteiger partial charge is 0.165 e. The number of nitrogens with one attached hydrogen (secondary N) is 1. The fourth-order valence-corrected chi connectivity index (χ4v) is 3.04. The van der Waals surface area contributed by atoms with Gasteiger partial charge in [-0.05, 0) is 51.0 Å². The molecule has 2 heterocycles. The molecule has 7 heteroatoms. The van der Waals surface area contributed by atoms with Crippen LogP contribution in [0.2, 0.25) is 0 Å². The van der Waals surface area contributed by atoms with Crippen LogP contribution in [0.1, 0.15) is 54.1 Å². The summed E-state index contributed by atoms with van der Waals surface area (Å²) >= 11 is 1.75. The lowest BCUT2D eigenvalue weighted by atomic mass is 10.1. The molecule has 1 aliphatic carbocycles. The number of hydrogen-bond acceptors (Lipinski definition) is 6. The summed E-state index contributed by atoms with van der Waals surface area (Å²) in [4.78, 5) is 5.92. The number of rotatable bonds is 5. The molecule has 6 nitrogen and oxygen atoms in total. The molecule has 1 saturated carbocycles. The molecule has 0 aromatic carbocycles. The van der Waals surface area contributed by atoms with Crippen LogP contribution in [-0.2, 0) is 12.1 Å². The van der Waals surface area contributed by atoms with Crippen molar-refractivity contribution in [2.24, 2.45) is 0 Å². The monoisotopic (exact) mass is 292 g/mol. The van der Waals surface area contributed by atoms with Gasteiger partial charge in [0.2, 0.25) is 0 Å². The fraction of sp³-hybridized carbons (Fsp3) is 0.692. The summed E-state index contributed by atoms with van der Waals surface area (Å²) < 4.78 is 1.95. The average molecular weight is 292 g/mol. The van der Waals surface area contributed by atoms with E-state index in [2.05, 4.69) is 53.5 Å². The van der Waals surface area contributed by atoms with Gasteiger partial charge in [0, 0.05) is 4.88 Å². The lowest BCUT2D eigenvalue weighted by Crippen LogP contribution is -2.36. The summed E-state index contributed by atoms with van der Waals surface area (Å²) in [5, 5.41) is 16.6. The summed E-state index contributed by atoms with van der Waals surface area (Å²) in [7, 11) is 0. The Kier molecular flexibility index (Phi) is 3.33. The third-order valence-electron chi connectivity index (χ3n) is 3.71. The number of tetrazole rings is 1. The zero-order chi connectivity index (χ0) is 14.3. The molecular weight excluding hydrogens is 272 g/mol. The molecule has 0 saturated heterocycles. The Morgan fingerprint density at radius 1 is 1.35 bits per heavy atom. The van der Waals surface area contributed by atoms with Crippen molar-refractivity contribution < 1.29 is 0 Å². The molecule has 0 atom stereocenters. The Bertz CT molecular complexity index is 591. The van der Waals surface area contributed by atoms with Crippen molar-refractivity contribution in [2.75, 3.05) is 0 Å². The number of nitrogens with zero attached hydrogens (tertiary/aromatic N) is 5. The zero-order valence-corrected chi connectivity index (χ0v) is 13.2. The van der Waals surface area contributed by atoms with Crippen molar-refractivity contribution in [1.29, 1.82) is 0 Å². The van der Waals surface area contributed by atoms with Crippen LogP contribution in [0.15, 0.2) is 0 Å². The third kappa shape index (κ3) is 2.60. The molecule has 2 aromatic heterocycles. The van der Waals surface area contributed by atoms with Crippen LogP contribution in [0, 0.1) is 13.8 Å². The molecule has 20 heavy (non-hydrogen) atoms. The second kappa shape index (κ2) is 4.89. The third-order valence-corrected chi connectivity index (χ3v) is 5.10. The van der Waals surface area contributed by atoms with Crippen molar-refractivity contribution in [2.45, 2.75) is 58.7 Å². The predicted octanol–water partition coefficient (Wildman–Crippen LogP) is 2.11. The summed E-state index contributed by atoms with van der Waals surface area (Å²) in [5.41, 5.74) is 0.937. The van der Waals surface area contributed by atoms with E-state index in [1.807, 2.05) is 4.68 Å². The molecule has 2 aromatic rings. The summed E-state index contributed by atoms with van der Waals surface area (Å²) in [5.74, 6) is 0.908. The average Bonchev–Trinajstić information content (AvgIpc) is 3.03. The van der Waals surface area contributed by atoms with E-state index < -0.39 is 0 Å². The topological polar surface area (TPSA) is 68.5 Å². The predicted molar refractivity (Wildman–Crippen MR) is 77.5 cm³/mol. The standard InChI is InChI=1S/C13H20N6S/c1-8-9(2)20-12(15-8)13(3,4)14-7-11-16-17-18-19(11)10-5-6-10/h10,14H,5-7H2,1-4H3. The van der Waals surface area contributed by atoms with Gasteiger partial charge in [0.1, 0.15) is 5.01 Å².